The van der Waals surface area contributed by atoms with Crippen LogP contribution < -0.4 is 5.73 Å². The first-order valence-corrected chi connectivity index (χ1v) is 6.43. The van der Waals surface area contributed by atoms with Crippen LogP contribution in [0.1, 0.15) is 33.3 Å². The molecular formula is C15H23NO3. The summed E-state index contributed by atoms with van der Waals surface area (Å²) in [6, 6.07) is 8.98. The van der Waals surface area contributed by atoms with Gasteiger partial charge in [0.1, 0.15) is 11.6 Å². The Morgan fingerprint density at radius 3 is 2.37 bits per heavy atom. The maximum absolute atomic E-state index is 11.8. The molecule has 106 valence electrons. The number of nitrogens with two attached hydrogens (primary N) is 1. The molecule has 0 bridgehead atoms. The molecule has 0 fully saturated rings. The maximum atomic E-state index is 11.8. The first-order valence-electron chi connectivity index (χ1n) is 6.43. The summed E-state index contributed by atoms with van der Waals surface area (Å²) < 4.78 is 10.8. The number of hydrogen-bond acceptors (Lipinski definition) is 4. The van der Waals surface area contributed by atoms with E-state index in [1.54, 1.807) is 6.92 Å². The first kappa shape index (κ1) is 15.7. The molecular weight excluding hydrogens is 242 g/mol. The van der Waals surface area contributed by atoms with Gasteiger partial charge in [-0.1, -0.05) is 30.3 Å². The van der Waals surface area contributed by atoms with Crippen molar-refractivity contribution in [1.82, 2.24) is 0 Å². The lowest BCUT2D eigenvalue weighted by Gasteiger charge is -2.25. The third kappa shape index (κ3) is 5.85. The van der Waals surface area contributed by atoms with E-state index in [0.717, 1.165) is 5.56 Å². The molecule has 1 aromatic rings. The van der Waals surface area contributed by atoms with E-state index in [0.29, 0.717) is 6.61 Å². The summed E-state index contributed by atoms with van der Waals surface area (Å²) >= 11 is 0. The zero-order chi connectivity index (χ0) is 14.5. The number of carbonyl (C=O) groups excluding carboxylic acids is 1. The number of rotatable bonds is 5. The van der Waals surface area contributed by atoms with E-state index in [2.05, 4.69) is 0 Å². The minimum absolute atomic E-state index is 0.393. The minimum Gasteiger partial charge on any atom is -0.459 e. The molecule has 0 heterocycles. The van der Waals surface area contributed by atoms with Gasteiger partial charge in [-0.3, -0.25) is 4.79 Å². The standard InChI is InChI=1S/C15H23NO3/c1-11(13(16)14(17)19-15(2,3)4)18-10-12-8-6-5-7-9-12/h5-9,11,13H,10,16H2,1-4H3/t11-,13+/m1/s1. The highest BCUT2D eigenvalue weighted by Crippen LogP contribution is 2.11. The van der Waals surface area contributed by atoms with Gasteiger partial charge in [0.15, 0.2) is 0 Å². The molecule has 0 aliphatic carbocycles. The molecule has 0 radical (unpaired) electrons. The van der Waals surface area contributed by atoms with Crippen molar-refractivity contribution in [3.63, 3.8) is 0 Å². The third-order valence-corrected chi connectivity index (χ3v) is 2.54. The van der Waals surface area contributed by atoms with Crippen LogP contribution in [0.5, 0.6) is 0 Å². The lowest BCUT2D eigenvalue weighted by molar-refractivity contribution is -0.160. The summed E-state index contributed by atoms with van der Waals surface area (Å²) in [6.07, 6.45) is -0.393. The maximum Gasteiger partial charge on any atom is 0.326 e. The van der Waals surface area contributed by atoms with E-state index in [1.807, 2.05) is 51.1 Å². The van der Waals surface area contributed by atoms with Gasteiger partial charge in [0.2, 0.25) is 0 Å². The summed E-state index contributed by atoms with van der Waals surface area (Å²) in [5.74, 6) is -0.437. The van der Waals surface area contributed by atoms with Crippen LogP contribution in [0.15, 0.2) is 30.3 Å². The Morgan fingerprint density at radius 2 is 1.84 bits per heavy atom. The Hall–Kier alpha value is -1.39. The average Bonchev–Trinajstić information content (AvgIpc) is 2.34. The Kier molecular flexibility index (Phi) is 5.51. The van der Waals surface area contributed by atoms with Gasteiger partial charge < -0.3 is 15.2 Å². The van der Waals surface area contributed by atoms with Gasteiger partial charge >= 0.3 is 5.97 Å². The normalized spacial score (nSPS) is 14.8. The highest BCUT2D eigenvalue weighted by atomic mass is 16.6. The Labute approximate surface area is 114 Å². The molecule has 0 amide bonds. The number of esters is 1. The molecule has 4 nitrogen and oxygen atoms in total. The molecule has 0 unspecified atom stereocenters. The number of benzene rings is 1. The molecule has 0 saturated heterocycles. The van der Waals surface area contributed by atoms with E-state index >= 15 is 0 Å². The Bertz CT molecular complexity index is 398. The van der Waals surface area contributed by atoms with Crippen LogP contribution in [0.4, 0.5) is 0 Å². The van der Waals surface area contributed by atoms with Crippen molar-refractivity contribution >= 4 is 5.97 Å². The summed E-state index contributed by atoms with van der Waals surface area (Å²) in [5.41, 5.74) is 6.35. The minimum atomic E-state index is -0.775. The topological polar surface area (TPSA) is 61.5 Å². The third-order valence-electron chi connectivity index (χ3n) is 2.54. The van der Waals surface area contributed by atoms with Crippen molar-refractivity contribution < 1.29 is 14.3 Å². The van der Waals surface area contributed by atoms with Gasteiger partial charge in [-0.25, -0.2) is 0 Å². The largest absolute Gasteiger partial charge is 0.459 e. The molecule has 2 N–H and O–H groups in total. The molecule has 1 aromatic carbocycles. The molecule has 19 heavy (non-hydrogen) atoms. The van der Waals surface area contributed by atoms with Crippen molar-refractivity contribution in [2.24, 2.45) is 5.73 Å². The Morgan fingerprint density at radius 1 is 1.26 bits per heavy atom. The second-order valence-electron chi connectivity index (χ2n) is 5.56. The lowest BCUT2D eigenvalue weighted by atomic mass is 10.1. The van der Waals surface area contributed by atoms with E-state index < -0.39 is 23.7 Å². The monoisotopic (exact) mass is 265 g/mol. The van der Waals surface area contributed by atoms with Crippen LogP contribution in [0, 0.1) is 0 Å². The van der Waals surface area contributed by atoms with Crippen molar-refractivity contribution in [3.05, 3.63) is 35.9 Å². The van der Waals surface area contributed by atoms with Crippen molar-refractivity contribution in [2.45, 2.75) is 52.0 Å². The fraction of sp³-hybridized carbons (Fsp3) is 0.533. The lowest BCUT2D eigenvalue weighted by Crippen LogP contribution is -2.45. The molecule has 0 spiro atoms. The van der Waals surface area contributed by atoms with Crippen LogP contribution in [0.2, 0.25) is 0 Å². The zero-order valence-corrected chi connectivity index (χ0v) is 12.1. The van der Waals surface area contributed by atoms with Crippen LogP contribution in [-0.2, 0) is 20.9 Å². The van der Waals surface area contributed by atoms with Crippen LogP contribution in [0.25, 0.3) is 0 Å². The van der Waals surface area contributed by atoms with Crippen LogP contribution in [-0.4, -0.2) is 23.7 Å². The van der Waals surface area contributed by atoms with Crippen LogP contribution >= 0.6 is 0 Å². The van der Waals surface area contributed by atoms with Gasteiger partial charge in [-0.2, -0.15) is 0 Å². The molecule has 4 heteroatoms. The predicted molar refractivity (Wildman–Crippen MR) is 74.5 cm³/mol. The second-order valence-corrected chi connectivity index (χ2v) is 5.56. The van der Waals surface area contributed by atoms with Gasteiger partial charge in [0.25, 0.3) is 0 Å². The van der Waals surface area contributed by atoms with Crippen molar-refractivity contribution in [3.8, 4) is 0 Å². The van der Waals surface area contributed by atoms with E-state index in [1.165, 1.54) is 0 Å². The fourth-order valence-electron chi connectivity index (χ4n) is 1.47. The number of ether oxygens (including phenoxy) is 2. The van der Waals surface area contributed by atoms with E-state index in [4.69, 9.17) is 15.2 Å². The highest BCUT2D eigenvalue weighted by molar-refractivity contribution is 5.76. The quantitative estimate of drug-likeness (QED) is 0.830. The zero-order valence-electron chi connectivity index (χ0n) is 12.1. The fourth-order valence-corrected chi connectivity index (χ4v) is 1.47. The number of carbonyl (C=O) groups is 1. The molecule has 2 atom stereocenters. The first-order chi connectivity index (χ1) is 8.79. The molecule has 0 saturated carbocycles. The van der Waals surface area contributed by atoms with Gasteiger partial charge in [0, 0.05) is 0 Å². The summed E-state index contributed by atoms with van der Waals surface area (Å²) in [5, 5.41) is 0. The molecule has 1 rings (SSSR count). The summed E-state index contributed by atoms with van der Waals surface area (Å²) in [6.45, 7) is 7.64. The SMILES string of the molecule is C[C@@H](OCc1ccccc1)[C@H](N)C(=O)OC(C)(C)C. The Balaban J connectivity index is 2.44. The highest BCUT2D eigenvalue weighted by Gasteiger charge is 2.27. The number of hydrogen-bond donors (Lipinski definition) is 1. The van der Waals surface area contributed by atoms with Gasteiger partial charge in [-0.15, -0.1) is 0 Å². The average molecular weight is 265 g/mol. The summed E-state index contributed by atoms with van der Waals surface area (Å²) in [4.78, 5) is 11.8. The van der Waals surface area contributed by atoms with E-state index in [9.17, 15) is 4.79 Å². The van der Waals surface area contributed by atoms with Gasteiger partial charge in [-0.05, 0) is 33.3 Å². The van der Waals surface area contributed by atoms with Crippen molar-refractivity contribution in [1.29, 1.82) is 0 Å². The van der Waals surface area contributed by atoms with E-state index in [-0.39, 0.29) is 0 Å². The molecule has 0 aliphatic rings. The van der Waals surface area contributed by atoms with Crippen molar-refractivity contribution in [2.75, 3.05) is 0 Å². The predicted octanol–water partition coefficient (Wildman–Crippen LogP) is 2.26. The smallest absolute Gasteiger partial charge is 0.326 e. The molecule has 0 aromatic heterocycles. The van der Waals surface area contributed by atoms with Crippen LogP contribution in [0.3, 0.4) is 0 Å². The second kappa shape index (κ2) is 6.68. The molecule has 0 aliphatic heterocycles. The summed E-state index contributed by atoms with van der Waals surface area (Å²) in [7, 11) is 0. The van der Waals surface area contributed by atoms with Gasteiger partial charge in [0.05, 0.1) is 12.7 Å².